The largest absolute Gasteiger partial charge is 0.451 e. The SMILES string of the molecule is CCCCC1CCC(OC(=O)c2ccccc2)(c2ccc(C#N)c(F)c2)CC1. The summed E-state index contributed by atoms with van der Waals surface area (Å²) in [6, 6.07) is 15.3. The topological polar surface area (TPSA) is 50.1 Å². The van der Waals surface area contributed by atoms with Crippen molar-refractivity contribution in [1.29, 1.82) is 5.26 Å². The van der Waals surface area contributed by atoms with Crippen LogP contribution in [0.3, 0.4) is 0 Å². The third-order valence-corrected chi connectivity index (χ3v) is 5.79. The number of unbranched alkanes of at least 4 members (excludes halogenated alkanes) is 1. The molecule has 0 N–H and O–H groups in total. The minimum atomic E-state index is -0.843. The van der Waals surface area contributed by atoms with Crippen LogP contribution in [-0.4, -0.2) is 5.97 Å². The van der Waals surface area contributed by atoms with Crippen LogP contribution in [0.2, 0.25) is 0 Å². The van der Waals surface area contributed by atoms with E-state index in [2.05, 4.69) is 6.92 Å². The first-order valence-electron chi connectivity index (χ1n) is 10.1. The summed E-state index contributed by atoms with van der Waals surface area (Å²) in [6.45, 7) is 2.19. The monoisotopic (exact) mass is 379 g/mol. The summed E-state index contributed by atoms with van der Waals surface area (Å²) in [6.07, 6.45) is 6.79. The lowest BCUT2D eigenvalue weighted by Crippen LogP contribution is -2.37. The van der Waals surface area contributed by atoms with Crippen LogP contribution in [0, 0.1) is 23.1 Å². The predicted molar refractivity (Wildman–Crippen MR) is 106 cm³/mol. The van der Waals surface area contributed by atoms with Gasteiger partial charge in [0.25, 0.3) is 0 Å². The first kappa shape index (κ1) is 20.1. The Balaban J connectivity index is 1.88. The summed E-state index contributed by atoms with van der Waals surface area (Å²) in [7, 11) is 0. The number of hydrogen-bond donors (Lipinski definition) is 0. The van der Waals surface area contributed by atoms with Gasteiger partial charge < -0.3 is 4.74 Å². The molecule has 0 bridgehead atoms. The number of halogens is 1. The van der Waals surface area contributed by atoms with Gasteiger partial charge >= 0.3 is 5.97 Å². The van der Waals surface area contributed by atoms with Gasteiger partial charge in [-0.15, -0.1) is 0 Å². The van der Waals surface area contributed by atoms with Crippen LogP contribution < -0.4 is 0 Å². The van der Waals surface area contributed by atoms with Gasteiger partial charge in [-0.3, -0.25) is 0 Å². The van der Waals surface area contributed by atoms with Crippen LogP contribution in [0.1, 0.15) is 73.4 Å². The van der Waals surface area contributed by atoms with Crippen LogP contribution in [0.4, 0.5) is 4.39 Å². The molecule has 1 saturated carbocycles. The van der Waals surface area contributed by atoms with E-state index in [9.17, 15) is 9.18 Å². The highest BCUT2D eigenvalue weighted by molar-refractivity contribution is 5.89. The van der Waals surface area contributed by atoms with E-state index in [4.69, 9.17) is 10.00 Å². The maximum absolute atomic E-state index is 14.3. The van der Waals surface area contributed by atoms with Gasteiger partial charge in [-0.2, -0.15) is 5.26 Å². The zero-order valence-electron chi connectivity index (χ0n) is 16.3. The average Bonchev–Trinajstić information content (AvgIpc) is 2.73. The molecule has 1 aliphatic carbocycles. The molecule has 3 nitrogen and oxygen atoms in total. The zero-order valence-corrected chi connectivity index (χ0v) is 16.3. The highest BCUT2D eigenvalue weighted by Gasteiger charge is 2.41. The second-order valence-corrected chi connectivity index (χ2v) is 7.64. The summed E-state index contributed by atoms with van der Waals surface area (Å²) < 4.78 is 20.4. The Morgan fingerprint density at radius 3 is 2.54 bits per heavy atom. The molecule has 0 saturated heterocycles. The van der Waals surface area contributed by atoms with Gasteiger partial charge in [0.2, 0.25) is 0 Å². The lowest BCUT2D eigenvalue weighted by Gasteiger charge is -2.40. The second-order valence-electron chi connectivity index (χ2n) is 7.64. The van der Waals surface area contributed by atoms with Crippen molar-refractivity contribution in [2.75, 3.05) is 0 Å². The van der Waals surface area contributed by atoms with Gasteiger partial charge in [0.15, 0.2) is 0 Å². The molecule has 3 rings (SSSR count). The minimum absolute atomic E-state index is 0.00455. The minimum Gasteiger partial charge on any atom is -0.451 e. The van der Waals surface area contributed by atoms with Crippen molar-refractivity contribution in [2.24, 2.45) is 5.92 Å². The fraction of sp³-hybridized carbons (Fsp3) is 0.417. The molecule has 0 aliphatic heterocycles. The van der Waals surface area contributed by atoms with E-state index < -0.39 is 17.4 Å². The Kier molecular flexibility index (Phi) is 6.46. The van der Waals surface area contributed by atoms with Crippen molar-refractivity contribution in [2.45, 2.75) is 57.5 Å². The van der Waals surface area contributed by atoms with Gasteiger partial charge in [0.1, 0.15) is 17.5 Å². The van der Waals surface area contributed by atoms with E-state index in [0.717, 1.165) is 12.8 Å². The predicted octanol–water partition coefficient (Wildman–Crippen LogP) is 6.13. The molecule has 1 aliphatic rings. The molecule has 0 amide bonds. The molecule has 0 radical (unpaired) electrons. The van der Waals surface area contributed by atoms with Crippen molar-refractivity contribution in [3.05, 3.63) is 71.0 Å². The molecular weight excluding hydrogens is 353 g/mol. The zero-order chi connectivity index (χ0) is 20.0. The van der Waals surface area contributed by atoms with Gasteiger partial charge in [0.05, 0.1) is 11.1 Å². The first-order chi connectivity index (χ1) is 13.6. The number of nitriles is 1. The third kappa shape index (κ3) is 4.42. The number of benzene rings is 2. The number of carbonyl (C=O) groups is 1. The summed E-state index contributed by atoms with van der Waals surface area (Å²) in [5, 5.41) is 9.02. The molecule has 0 aromatic heterocycles. The average molecular weight is 379 g/mol. The lowest BCUT2D eigenvalue weighted by atomic mass is 9.73. The second kappa shape index (κ2) is 9.01. The smallest absolute Gasteiger partial charge is 0.339 e. The molecule has 0 atom stereocenters. The summed E-state index contributed by atoms with van der Waals surface area (Å²) in [5.74, 6) is -0.340. The Bertz CT molecular complexity index is 849. The normalized spacial score (nSPS) is 21.7. The lowest BCUT2D eigenvalue weighted by molar-refractivity contribution is -0.0500. The molecule has 28 heavy (non-hydrogen) atoms. The van der Waals surface area contributed by atoms with Crippen LogP contribution >= 0.6 is 0 Å². The van der Waals surface area contributed by atoms with Crippen LogP contribution in [0.15, 0.2) is 48.5 Å². The molecule has 0 heterocycles. The van der Waals surface area contributed by atoms with Gasteiger partial charge in [-0.1, -0.05) is 50.5 Å². The maximum Gasteiger partial charge on any atom is 0.339 e. The molecule has 2 aromatic carbocycles. The first-order valence-corrected chi connectivity index (χ1v) is 10.1. The van der Waals surface area contributed by atoms with Crippen molar-refractivity contribution >= 4 is 5.97 Å². The summed E-state index contributed by atoms with van der Waals surface area (Å²) >= 11 is 0. The highest BCUT2D eigenvalue weighted by Crippen LogP contribution is 2.44. The van der Waals surface area contributed by atoms with Gasteiger partial charge in [-0.25, -0.2) is 9.18 Å². The quantitative estimate of drug-likeness (QED) is 0.567. The van der Waals surface area contributed by atoms with Crippen molar-refractivity contribution in [3.63, 3.8) is 0 Å². The van der Waals surface area contributed by atoms with E-state index in [1.807, 2.05) is 12.1 Å². The third-order valence-electron chi connectivity index (χ3n) is 5.79. The van der Waals surface area contributed by atoms with E-state index in [1.165, 1.54) is 31.4 Å². The Morgan fingerprint density at radius 1 is 1.21 bits per heavy atom. The summed E-state index contributed by atoms with van der Waals surface area (Å²) in [5.41, 5.74) is 0.293. The number of carbonyl (C=O) groups excluding carboxylic acids is 1. The molecule has 0 spiro atoms. The van der Waals surface area contributed by atoms with E-state index in [1.54, 1.807) is 30.3 Å². The Morgan fingerprint density at radius 2 is 1.93 bits per heavy atom. The maximum atomic E-state index is 14.3. The van der Waals surface area contributed by atoms with E-state index >= 15 is 0 Å². The van der Waals surface area contributed by atoms with Crippen molar-refractivity contribution < 1.29 is 13.9 Å². The fourth-order valence-electron chi connectivity index (χ4n) is 4.07. The summed E-state index contributed by atoms with van der Waals surface area (Å²) in [4.78, 5) is 12.8. The molecule has 2 aromatic rings. The van der Waals surface area contributed by atoms with Crippen LogP contribution in [0.25, 0.3) is 0 Å². The Labute approximate surface area is 166 Å². The molecule has 0 unspecified atom stereocenters. The van der Waals surface area contributed by atoms with Crippen molar-refractivity contribution in [3.8, 4) is 6.07 Å². The number of nitrogens with zero attached hydrogens (tertiary/aromatic N) is 1. The van der Waals surface area contributed by atoms with E-state index in [0.29, 0.717) is 29.9 Å². The number of esters is 1. The van der Waals surface area contributed by atoms with Gasteiger partial charge in [-0.05, 0) is 61.4 Å². The highest BCUT2D eigenvalue weighted by atomic mass is 19.1. The fourth-order valence-corrected chi connectivity index (χ4v) is 4.07. The Hall–Kier alpha value is -2.67. The standard InChI is InChI=1S/C24H26FNO2/c1-2-3-7-18-12-14-24(15-13-18,21-11-10-20(17-26)22(25)16-21)28-23(27)19-8-5-4-6-9-19/h4-6,8-11,16,18H,2-3,7,12-15H2,1H3. The molecule has 4 heteroatoms. The number of ether oxygens (including phenoxy) is 1. The van der Waals surface area contributed by atoms with Gasteiger partial charge in [0, 0.05) is 0 Å². The van der Waals surface area contributed by atoms with Crippen LogP contribution in [0.5, 0.6) is 0 Å². The molecule has 146 valence electrons. The van der Waals surface area contributed by atoms with Crippen LogP contribution in [-0.2, 0) is 10.3 Å². The van der Waals surface area contributed by atoms with E-state index in [-0.39, 0.29) is 5.56 Å². The number of rotatable bonds is 6. The molecular formula is C24H26FNO2. The number of hydrogen-bond acceptors (Lipinski definition) is 3. The van der Waals surface area contributed by atoms with Crippen molar-refractivity contribution in [1.82, 2.24) is 0 Å². The molecule has 1 fully saturated rings.